The van der Waals surface area contributed by atoms with Gasteiger partial charge >= 0.3 is 0 Å². The van der Waals surface area contributed by atoms with Crippen LogP contribution >= 0.6 is 0 Å². The fourth-order valence-electron chi connectivity index (χ4n) is 3.03. The molecule has 0 atom stereocenters. The van der Waals surface area contributed by atoms with Crippen molar-refractivity contribution < 1.29 is 18.8 Å². The van der Waals surface area contributed by atoms with Gasteiger partial charge in [-0.3, -0.25) is 14.4 Å². The monoisotopic (exact) mass is 423 g/mol. The number of nitrogens with two attached hydrogens (primary N) is 1. The molecule has 0 spiro atoms. The third-order valence-corrected chi connectivity index (χ3v) is 4.61. The summed E-state index contributed by atoms with van der Waals surface area (Å²) in [5.41, 5.74) is 8.00. The molecule has 0 bridgehead atoms. The molecule has 1 aromatic heterocycles. The molecule has 0 unspecified atom stereocenters. The number of carbonyl (C=O) groups excluding carboxylic acids is 3. The normalized spacial score (nSPS) is 10.5. The SMILES string of the molecule is CCc1c(C(=O)NCc2ccc(C(=O)NCC(N)=O)cc2)cnn1-c1ccc(F)cc1. The first-order valence-corrected chi connectivity index (χ1v) is 9.65. The summed E-state index contributed by atoms with van der Waals surface area (Å²) in [5, 5.41) is 9.53. The minimum absolute atomic E-state index is 0.234. The summed E-state index contributed by atoms with van der Waals surface area (Å²) in [7, 11) is 0. The van der Waals surface area contributed by atoms with Crippen LogP contribution in [0, 0.1) is 5.82 Å². The maximum Gasteiger partial charge on any atom is 0.255 e. The average Bonchev–Trinajstić information content (AvgIpc) is 3.21. The molecule has 0 saturated heterocycles. The Balaban J connectivity index is 1.65. The first-order valence-electron chi connectivity index (χ1n) is 9.65. The van der Waals surface area contributed by atoms with Gasteiger partial charge in [-0.15, -0.1) is 0 Å². The largest absolute Gasteiger partial charge is 0.368 e. The number of benzene rings is 2. The van der Waals surface area contributed by atoms with Gasteiger partial charge in [0.1, 0.15) is 5.82 Å². The highest BCUT2D eigenvalue weighted by Gasteiger charge is 2.17. The van der Waals surface area contributed by atoms with Gasteiger partial charge in [0, 0.05) is 12.1 Å². The van der Waals surface area contributed by atoms with E-state index >= 15 is 0 Å². The summed E-state index contributed by atoms with van der Waals surface area (Å²) in [5.74, 6) is -1.66. The van der Waals surface area contributed by atoms with Crippen LogP contribution in [0.15, 0.2) is 54.7 Å². The van der Waals surface area contributed by atoms with Crippen molar-refractivity contribution in [3.05, 3.63) is 82.9 Å². The third kappa shape index (κ3) is 5.33. The van der Waals surface area contributed by atoms with Crippen molar-refractivity contribution in [2.45, 2.75) is 19.9 Å². The number of halogens is 1. The second-order valence-corrected chi connectivity index (χ2v) is 6.78. The van der Waals surface area contributed by atoms with Gasteiger partial charge < -0.3 is 16.4 Å². The van der Waals surface area contributed by atoms with Crippen LogP contribution < -0.4 is 16.4 Å². The Hall–Kier alpha value is -4.01. The molecule has 3 aromatic rings. The predicted molar refractivity (Wildman–Crippen MR) is 112 cm³/mol. The number of rotatable bonds is 8. The quantitative estimate of drug-likeness (QED) is 0.511. The van der Waals surface area contributed by atoms with Crippen molar-refractivity contribution in [2.24, 2.45) is 5.73 Å². The lowest BCUT2D eigenvalue weighted by molar-refractivity contribution is -0.117. The summed E-state index contributed by atoms with van der Waals surface area (Å²) >= 11 is 0. The molecule has 0 radical (unpaired) electrons. The first-order chi connectivity index (χ1) is 14.9. The lowest BCUT2D eigenvalue weighted by Gasteiger charge is -2.09. The molecule has 3 rings (SSSR count). The van der Waals surface area contributed by atoms with E-state index < -0.39 is 11.8 Å². The molecule has 160 valence electrons. The molecule has 9 heteroatoms. The molecule has 0 fully saturated rings. The van der Waals surface area contributed by atoms with E-state index in [2.05, 4.69) is 15.7 Å². The minimum Gasteiger partial charge on any atom is -0.368 e. The Bertz CT molecular complexity index is 1090. The molecule has 4 N–H and O–H groups in total. The average molecular weight is 423 g/mol. The number of primary amides is 1. The van der Waals surface area contributed by atoms with Crippen LogP contribution in [0.5, 0.6) is 0 Å². The second-order valence-electron chi connectivity index (χ2n) is 6.78. The zero-order valence-electron chi connectivity index (χ0n) is 16.9. The van der Waals surface area contributed by atoms with Gasteiger partial charge in [-0.1, -0.05) is 19.1 Å². The lowest BCUT2D eigenvalue weighted by atomic mass is 10.1. The van der Waals surface area contributed by atoms with Gasteiger partial charge in [-0.25, -0.2) is 9.07 Å². The van der Waals surface area contributed by atoms with E-state index in [1.165, 1.54) is 18.3 Å². The topological polar surface area (TPSA) is 119 Å². The standard InChI is InChI=1S/C22H22FN5O3/c1-2-19-18(12-27-28(19)17-9-7-16(23)8-10-17)22(31)25-11-14-3-5-15(6-4-14)21(30)26-13-20(24)29/h3-10,12H,2,11,13H2,1H3,(H2,24,29)(H,25,31)(H,26,30). The predicted octanol–water partition coefficient (Wildman–Crippen LogP) is 1.72. The maximum atomic E-state index is 13.2. The van der Waals surface area contributed by atoms with Crippen molar-refractivity contribution in [1.82, 2.24) is 20.4 Å². The smallest absolute Gasteiger partial charge is 0.255 e. The van der Waals surface area contributed by atoms with Gasteiger partial charge in [0.2, 0.25) is 5.91 Å². The molecule has 0 aliphatic heterocycles. The minimum atomic E-state index is -0.623. The lowest BCUT2D eigenvalue weighted by Crippen LogP contribution is -2.33. The second kappa shape index (κ2) is 9.66. The van der Waals surface area contributed by atoms with Gasteiger partial charge in [0.15, 0.2) is 0 Å². The Morgan fingerprint density at radius 1 is 1.00 bits per heavy atom. The Morgan fingerprint density at radius 3 is 2.29 bits per heavy atom. The number of hydrogen-bond acceptors (Lipinski definition) is 4. The molecular weight excluding hydrogens is 401 g/mol. The van der Waals surface area contributed by atoms with Gasteiger partial charge in [0.25, 0.3) is 11.8 Å². The van der Waals surface area contributed by atoms with Crippen LogP contribution in [0.2, 0.25) is 0 Å². The molecule has 1 heterocycles. The summed E-state index contributed by atoms with van der Waals surface area (Å²) in [4.78, 5) is 35.3. The maximum absolute atomic E-state index is 13.2. The highest BCUT2D eigenvalue weighted by molar-refractivity contribution is 5.96. The van der Waals surface area contributed by atoms with Crippen LogP contribution in [0.25, 0.3) is 5.69 Å². The van der Waals surface area contributed by atoms with Crippen LogP contribution in [-0.4, -0.2) is 34.0 Å². The number of aromatic nitrogens is 2. The van der Waals surface area contributed by atoms with Crippen LogP contribution in [0.4, 0.5) is 4.39 Å². The van der Waals surface area contributed by atoms with Crippen molar-refractivity contribution in [3.8, 4) is 5.69 Å². The molecule has 0 aliphatic carbocycles. The number of nitrogens with one attached hydrogen (secondary N) is 2. The van der Waals surface area contributed by atoms with Gasteiger partial charge in [0.05, 0.1) is 29.7 Å². The number of amides is 3. The van der Waals surface area contributed by atoms with E-state index in [1.54, 1.807) is 41.1 Å². The Morgan fingerprint density at radius 2 is 1.68 bits per heavy atom. The van der Waals surface area contributed by atoms with E-state index in [1.807, 2.05) is 6.92 Å². The zero-order chi connectivity index (χ0) is 22.4. The highest BCUT2D eigenvalue weighted by atomic mass is 19.1. The molecule has 8 nitrogen and oxygen atoms in total. The number of nitrogens with zero attached hydrogens (tertiary/aromatic N) is 2. The fraction of sp³-hybridized carbons (Fsp3) is 0.182. The van der Waals surface area contributed by atoms with Crippen molar-refractivity contribution in [2.75, 3.05) is 6.54 Å². The summed E-state index contributed by atoms with van der Waals surface area (Å²) in [6.07, 6.45) is 2.05. The molecule has 3 amide bonds. The number of carbonyl (C=O) groups is 3. The third-order valence-electron chi connectivity index (χ3n) is 4.61. The van der Waals surface area contributed by atoms with Crippen molar-refractivity contribution in [1.29, 1.82) is 0 Å². The Kier molecular flexibility index (Phi) is 6.76. The summed E-state index contributed by atoms with van der Waals surface area (Å²) in [6.45, 7) is 1.94. The summed E-state index contributed by atoms with van der Waals surface area (Å²) < 4.78 is 14.8. The van der Waals surface area contributed by atoms with Crippen LogP contribution in [0.1, 0.15) is 38.9 Å². The molecule has 2 aromatic carbocycles. The van der Waals surface area contributed by atoms with E-state index in [-0.39, 0.29) is 24.8 Å². The number of hydrogen-bond donors (Lipinski definition) is 3. The van der Waals surface area contributed by atoms with E-state index in [0.29, 0.717) is 28.9 Å². The molecular formula is C22H22FN5O3. The highest BCUT2D eigenvalue weighted by Crippen LogP contribution is 2.16. The fourth-order valence-corrected chi connectivity index (χ4v) is 3.03. The van der Waals surface area contributed by atoms with Gasteiger partial charge in [-0.2, -0.15) is 5.10 Å². The van der Waals surface area contributed by atoms with E-state index in [0.717, 1.165) is 5.56 Å². The molecule has 0 saturated carbocycles. The van der Waals surface area contributed by atoms with E-state index in [9.17, 15) is 18.8 Å². The van der Waals surface area contributed by atoms with E-state index in [4.69, 9.17) is 5.73 Å². The Labute approximate surface area is 178 Å². The van der Waals surface area contributed by atoms with Crippen molar-refractivity contribution >= 4 is 17.7 Å². The van der Waals surface area contributed by atoms with Crippen molar-refractivity contribution in [3.63, 3.8) is 0 Å². The zero-order valence-corrected chi connectivity index (χ0v) is 16.9. The van der Waals surface area contributed by atoms with Crippen LogP contribution in [-0.2, 0) is 17.8 Å². The van der Waals surface area contributed by atoms with Gasteiger partial charge in [-0.05, 0) is 48.4 Å². The first kappa shape index (κ1) is 21.7. The summed E-state index contributed by atoms with van der Waals surface area (Å²) in [6, 6.07) is 12.5. The van der Waals surface area contributed by atoms with Crippen LogP contribution in [0.3, 0.4) is 0 Å². The molecule has 31 heavy (non-hydrogen) atoms. The molecule has 0 aliphatic rings.